The van der Waals surface area contributed by atoms with Gasteiger partial charge in [0.15, 0.2) is 5.82 Å². The average Bonchev–Trinajstić information content (AvgIpc) is 3.40. The molecule has 0 bridgehead atoms. The van der Waals surface area contributed by atoms with Crippen LogP contribution in [0.2, 0.25) is 0 Å². The number of benzene rings is 1. The fraction of sp³-hybridized carbons (Fsp3) is 0.600. The van der Waals surface area contributed by atoms with Crippen LogP contribution in [-0.4, -0.2) is 40.7 Å². The minimum Gasteiger partial charge on any atom is -0.339 e. The molecule has 0 amide bonds. The van der Waals surface area contributed by atoms with Crippen molar-refractivity contribution in [3.05, 3.63) is 47.6 Å². The third-order valence-electron chi connectivity index (χ3n) is 5.20. The lowest BCUT2D eigenvalue weighted by atomic mass is 10.0. The van der Waals surface area contributed by atoms with Crippen molar-refractivity contribution in [2.24, 2.45) is 0 Å². The predicted molar refractivity (Wildman–Crippen MR) is 97.3 cm³/mol. The Bertz CT molecular complexity index is 653. The monoisotopic (exact) mass is 340 g/mol. The lowest BCUT2D eigenvalue weighted by Gasteiger charge is -2.32. The predicted octanol–water partition coefficient (Wildman–Crippen LogP) is 3.13. The number of rotatable bonds is 8. The van der Waals surface area contributed by atoms with Gasteiger partial charge in [-0.2, -0.15) is 4.98 Å². The standard InChI is InChI=1S/C20H28N4O/c1-2-6-16(7-3-1)8-4-12-21-18-9-5-13-24(14-18)15-19-22-20(25-23-19)17-10-11-17/h1-3,6-7,17-18,21H,4-5,8-15H2/t18-/m0/s1. The van der Waals surface area contributed by atoms with Crippen LogP contribution in [0.3, 0.4) is 0 Å². The minimum absolute atomic E-state index is 0.543. The van der Waals surface area contributed by atoms with E-state index in [1.165, 1.54) is 37.7 Å². The van der Waals surface area contributed by atoms with Gasteiger partial charge in [-0.1, -0.05) is 35.5 Å². The molecule has 134 valence electrons. The van der Waals surface area contributed by atoms with E-state index < -0.39 is 0 Å². The summed E-state index contributed by atoms with van der Waals surface area (Å²) in [6.45, 7) is 4.12. The van der Waals surface area contributed by atoms with Gasteiger partial charge >= 0.3 is 0 Å². The molecule has 2 fully saturated rings. The molecule has 4 rings (SSSR count). The molecule has 1 saturated heterocycles. The normalized spacial score (nSPS) is 21.5. The SMILES string of the molecule is c1ccc(CCCN[C@H]2CCCN(Cc3noc(C4CC4)n3)C2)cc1. The number of aryl methyl sites for hydroxylation is 1. The van der Waals surface area contributed by atoms with Crippen LogP contribution in [0.1, 0.15) is 55.3 Å². The molecule has 1 atom stereocenters. The second-order valence-electron chi connectivity index (χ2n) is 7.44. The molecule has 1 saturated carbocycles. The molecular formula is C20H28N4O. The average molecular weight is 340 g/mol. The first kappa shape index (κ1) is 16.7. The second kappa shape index (κ2) is 8.11. The summed E-state index contributed by atoms with van der Waals surface area (Å²) in [5.74, 6) is 2.25. The van der Waals surface area contributed by atoms with Crippen molar-refractivity contribution in [3.8, 4) is 0 Å². The first-order valence-corrected chi connectivity index (χ1v) is 9.69. The smallest absolute Gasteiger partial charge is 0.229 e. The maximum atomic E-state index is 5.38. The lowest BCUT2D eigenvalue weighted by Crippen LogP contribution is -2.45. The van der Waals surface area contributed by atoms with Crippen molar-refractivity contribution in [2.45, 2.75) is 57.0 Å². The van der Waals surface area contributed by atoms with Gasteiger partial charge < -0.3 is 9.84 Å². The maximum Gasteiger partial charge on any atom is 0.229 e. The molecule has 1 aliphatic carbocycles. The Hall–Kier alpha value is -1.72. The molecule has 25 heavy (non-hydrogen) atoms. The van der Waals surface area contributed by atoms with E-state index in [-0.39, 0.29) is 0 Å². The van der Waals surface area contributed by atoms with Gasteiger partial charge in [0.2, 0.25) is 5.89 Å². The topological polar surface area (TPSA) is 54.2 Å². The lowest BCUT2D eigenvalue weighted by molar-refractivity contribution is 0.178. The molecule has 0 spiro atoms. The van der Waals surface area contributed by atoms with E-state index in [4.69, 9.17) is 4.52 Å². The summed E-state index contributed by atoms with van der Waals surface area (Å²) in [5, 5.41) is 7.89. The van der Waals surface area contributed by atoms with Crippen LogP contribution < -0.4 is 5.32 Å². The summed E-state index contributed by atoms with van der Waals surface area (Å²) in [6.07, 6.45) is 7.26. The first-order valence-electron chi connectivity index (χ1n) is 9.69. The number of piperidine rings is 1. The molecule has 0 unspecified atom stereocenters. The Balaban J connectivity index is 1.18. The summed E-state index contributed by atoms with van der Waals surface area (Å²) >= 11 is 0. The number of aromatic nitrogens is 2. The molecule has 2 aromatic rings. The molecule has 5 heteroatoms. The van der Waals surface area contributed by atoms with Gasteiger partial charge in [-0.15, -0.1) is 0 Å². The van der Waals surface area contributed by atoms with Crippen molar-refractivity contribution < 1.29 is 4.52 Å². The zero-order chi connectivity index (χ0) is 16.9. The first-order chi connectivity index (χ1) is 12.4. The van der Waals surface area contributed by atoms with Crippen molar-refractivity contribution in [3.63, 3.8) is 0 Å². The zero-order valence-corrected chi connectivity index (χ0v) is 14.9. The van der Waals surface area contributed by atoms with Crippen molar-refractivity contribution >= 4 is 0 Å². The van der Waals surface area contributed by atoms with Gasteiger partial charge in [0, 0.05) is 18.5 Å². The third kappa shape index (κ3) is 4.89. The highest BCUT2D eigenvalue weighted by atomic mass is 16.5. The summed E-state index contributed by atoms with van der Waals surface area (Å²) in [4.78, 5) is 7.02. The number of nitrogens with zero attached hydrogens (tertiary/aromatic N) is 3. The summed E-state index contributed by atoms with van der Waals surface area (Å²) in [7, 11) is 0. The molecule has 1 aliphatic heterocycles. The third-order valence-corrected chi connectivity index (χ3v) is 5.20. The molecule has 5 nitrogen and oxygen atoms in total. The molecule has 0 radical (unpaired) electrons. The van der Waals surface area contributed by atoms with Crippen LogP contribution in [-0.2, 0) is 13.0 Å². The van der Waals surface area contributed by atoms with E-state index in [0.29, 0.717) is 12.0 Å². The number of hydrogen-bond acceptors (Lipinski definition) is 5. The highest BCUT2D eigenvalue weighted by Gasteiger charge is 2.30. The quantitative estimate of drug-likeness (QED) is 0.748. The van der Waals surface area contributed by atoms with Gasteiger partial charge in [0.1, 0.15) is 0 Å². The van der Waals surface area contributed by atoms with Gasteiger partial charge in [-0.05, 0) is 57.2 Å². The molecule has 2 aliphatic rings. The number of hydrogen-bond donors (Lipinski definition) is 1. The molecule has 1 aromatic carbocycles. The van der Waals surface area contributed by atoms with Gasteiger partial charge in [0.05, 0.1) is 6.54 Å². The largest absolute Gasteiger partial charge is 0.339 e. The van der Waals surface area contributed by atoms with Crippen molar-refractivity contribution in [2.75, 3.05) is 19.6 Å². The van der Waals surface area contributed by atoms with Crippen LogP contribution in [0.15, 0.2) is 34.9 Å². The van der Waals surface area contributed by atoms with Crippen molar-refractivity contribution in [1.29, 1.82) is 0 Å². The van der Waals surface area contributed by atoms with E-state index in [0.717, 1.165) is 44.3 Å². The molecule has 1 aromatic heterocycles. The van der Waals surface area contributed by atoms with Crippen LogP contribution in [0.5, 0.6) is 0 Å². The highest BCUT2D eigenvalue weighted by Crippen LogP contribution is 2.38. The fourth-order valence-corrected chi connectivity index (χ4v) is 3.64. The summed E-state index contributed by atoms with van der Waals surface area (Å²) < 4.78 is 5.38. The van der Waals surface area contributed by atoms with E-state index in [9.17, 15) is 0 Å². The van der Waals surface area contributed by atoms with E-state index in [1.807, 2.05) is 0 Å². The van der Waals surface area contributed by atoms with E-state index in [2.05, 4.69) is 50.7 Å². The molecule has 2 heterocycles. The van der Waals surface area contributed by atoms with Gasteiger partial charge in [0.25, 0.3) is 0 Å². The van der Waals surface area contributed by atoms with E-state index >= 15 is 0 Å². The van der Waals surface area contributed by atoms with Crippen LogP contribution in [0.25, 0.3) is 0 Å². The maximum absolute atomic E-state index is 5.38. The Kier molecular flexibility index (Phi) is 5.43. The van der Waals surface area contributed by atoms with Crippen LogP contribution in [0.4, 0.5) is 0 Å². The minimum atomic E-state index is 0.543. The molecular weight excluding hydrogens is 312 g/mol. The summed E-state index contributed by atoms with van der Waals surface area (Å²) in [6, 6.07) is 11.3. The summed E-state index contributed by atoms with van der Waals surface area (Å²) in [5.41, 5.74) is 1.43. The second-order valence-corrected chi connectivity index (χ2v) is 7.44. The molecule has 1 N–H and O–H groups in total. The Labute approximate surface area is 149 Å². The van der Waals surface area contributed by atoms with Crippen molar-refractivity contribution in [1.82, 2.24) is 20.4 Å². The Morgan fingerprint density at radius 3 is 2.88 bits per heavy atom. The van der Waals surface area contributed by atoms with E-state index in [1.54, 1.807) is 0 Å². The van der Waals surface area contributed by atoms with Crippen LogP contribution >= 0.6 is 0 Å². The number of nitrogens with one attached hydrogen (secondary N) is 1. The fourth-order valence-electron chi connectivity index (χ4n) is 3.64. The van der Waals surface area contributed by atoms with Gasteiger partial charge in [-0.25, -0.2) is 0 Å². The highest BCUT2D eigenvalue weighted by molar-refractivity contribution is 5.14. The Morgan fingerprint density at radius 2 is 2.04 bits per heavy atom. The Morgan fingerprint density at radius 1 is 1.16 bits per heavy atom. The van der Waals surface area contributed by atoms with Crippen LogP contribution in [0, 0.1) is 0 Å². The van der Waals surface area contributed by atoms with Gasteiger partial charge in [-0.3, -0.25) is 4.90 Å². The zero-order valence-electron chi connectivity index (χ0n) is 14.9. The number of likely N-dealkylation sites (tertiary alicyclic amines) is 1.